The molecule has 1 unspecified atom stereocenters. The molecule has 6 nitrogen and oxygen atoms in total. The summed E-state index contributed by atoms with van der Waals surface area (Å²) in [5, 5.41) is 0. The van der Waals surface area contributed by atoms with Gasteiger partial charge in [0, 0.05) is 25.4 Å². The number of hydrogen-bond acceptors (Lipinski definition) is 6. The van der Waals surface area contributed by atoms with Gasteiger partial charge in [-0.25, -0.2) is 9.78 Å². The Morgan fingerprint density at radius 2 is 1.92 bits per heavy atom. The highest BCUT2D eigenvalue weighted by atomic mass is 17.3. The van der Waals surface area contributed by atoms with Crippen LogP contribution in [0.1, 0.15) is 39.5 Å². The van der Waals surface area contributed by atoms with E-state index in [9.17, 15) is 0 Å². The van der Waals surface area contributed by atoms with Gasteiger partial charge in [0.05, 0.1) is 13.2 Å². The zero-order valence-corrected chi connectivity index (χ0v) is 15.2. The standard InChI is InChI=1S/C19H29NO5/c1-12-4-5-15-13(2)16(20-8-10-21-11-9-20)22-17-19(15)14(12)6-7-18(3,23-17)24-25-19/h12,14-17H,2,4-11H2,1,3H3/t12-,14+,15+,16?,17-,18-,19-/m1/s1. The molecule has 6 rings (SSSR count). The van der Waals surface area contributed by atoms with Crippen LogP contribution in [0.5, 0.6) is 0 Å². The molecule has 6 heteroatoms. The SMILES string of the molecule is C=C1C(N2CCOCC2)O[C@@H]2O[C@@]3(C)CC[C@H]4[C@H](C)CC[C@@H]1[C@@]24OO3. The molecule has 6 fully saturated rings. The van der Waals surface area contributed by atoms with Crippen LogP contribution in [-0.2, 0) is 24.0 Å². The predicted molar refractivity (Wildman–Crippen MR) is 89.2 cm³/mol. The van der Waals surface area contributed by atoms with Gasteiger partial charge in [-0.1, -0.05) is 13.5 Å². The summed E-state index contributed by atoms with van der Waals surface area (Å²) in [7, 11) is 0. The fraction of sp³-hybridized carbons (Fsp3) is 0.895. The maximum absolute atomic E-state index is 6.54. The van der Waals surface area contributed by atoms with Crippen LogP contribution in [0.4, 0.5) is 0 Å². The van der Waals surface area contributed by atoms with Crippen molar-refractivity contribution in [3.8, 4) is 0 Å². The van der Waals surface area contributed by atoms with Crippen molar-refractivity contribution in [1.29, 1.82) is 0 Å². The van der Waals surface area contributed by atoms with E-state index in [-0.39, 0.29) is 12.1 Å². The molecule has 5 aliphatic heterocycles. The maximum atomic E-state index is 6.54. The van der Waals surface area contributed by atoms with E-state index < -0.39 is 17.7 Å². The summed E-state index contributed by atoms with van der Waals surface area (Å²) in [4.78, 5) is 14.3. The topological polar surface area (TPSA) is 49.4 Å². The molecule has 2 bridgehead atoms. The molecule has 6 aliphatic rings. The van der Waals surface area contributed by atoms with Gasteiger partial charge >= 0.3 is 0 Å². The summed E-state index contributed by atoms with van der Waals surface area (Å²) >= 11 is 0. The summed E-state index contributed by atoms with van der Waals surface area (Å²) < 4.78 is 18.4. The number of nitrogens with zero attached hydrogens (tertiary/aromatic N) is 1. The molecule has 1 spiro atoms. The Morgan fingerprint density at radius 1 is 1.12 bits per heavy atom. The van der Waals surface area contributed by atoms with Crippen LogP contribution in [-0.4, -0.2) is 55.1 Å². The molecule has 0 N–H and O–H groups in total. The number of rotatable bonds is 1. The summed E-state index contributed by atoms with van der Waals surface area (Å²) in [5.41, 5.74) is 0.570. The summed E-state index contributed by atoms with van der Waals surface area (Å²) in [6.45, 7) is 12.0. The van der Waals surface area contributed by atoms with Gasteiger partial charge in [-0.2, -0.15) is 0 Å². The molecule has 7 atom stereocenters. The van der Waals surface area contributed by atoms with Gasteiger partial charge in [-0.15, -0.1) is 0 Å². The number of hydrogen-bond donors (Lipinski definition) is 0. The van der Waals surface area contributed by atoms with Gasteiger partial charge in [-0.3, -0.25) is 4.90 Å². The van der Waals surface area contributed by atoms with E-state index in [2.05, 4.69) is 18.4 Å². The highest BCUT2D eigenvalue weighted by molar-refractivity contribution is 5.23. The quantitative estimate of drug-likeness (QED) is 0.534. The van der Waals surface area contributed by atoms with Crippen molar-refractivity contribution in [2.75, 3.05) is 26.3 Å². The van der Waals surface area contributed by atoms with Crippen molar-refractivity contribution in [3.63, 3.8) is 0 Å². The van der Waals surface area contributed by atoms with Crippen LogP contribution in [0.3, 0.4) is 0 Å². The molecular formula is C19H29NO5. The largest absolute Gasteiger partial charge is 0.379 e. The second-order valence-electron chi connectivity index (χ2n) is 8.57. The molecule has 0 aromatic rings. The van der Waals surface area contributed by atoms with Gasteiger partial charge in [0.25, 0.3) is 0 Å². The minimum Gasteiger partial charge on any atom is -0.379 e. The summed E-state index contributed by atoms with van der Waals surface area (Å²) in [6.07, 6.45) is 3.61. The van der Waals surface area contributed by atoms with E-state index in [1.165, 1.54) is 6.42 Å². The molecule has 0 radical (unpaired) electrons. The predicted octanol–water partition coefficient (Wildman–Crippen LogP) is 2.45. The minimum absolute atomic E-state index is 0.120. The molecular weight excluding hydrogens is 322 g/mol. The number of ether oxygens (including phenoxy) is 3. The van der Waals surface area contributed by atoms with Crippen LogP contribution in [0.2, 0.25) is 0 Å². The normalized spacial score (nSPS) is 53.4. The Hall–Kier alpha value is -0.500. The fourth-order valence-corrected chi connectivity index (χ4v) is 5.70. The van der Waals surface area contributed by atoms with E-state index in [1.54, 1.807) is 0 Å². The van der Waals surface area contributed by atoms with Gasteiger partial charge in [0.1, 0.15) is 6.23 Å². The molecule has 1 aliphatic carbocycles. The van der Waals surface area contributed by atoms with Crippen molar-refractivity contribution in [3.05, 3.63) is 12.2 Å². The average Bonchev–Trinajstić information content (AvgIpc) is 2.85. The van der Waals surface area contributed by atoms with Crippen molar-refractivity contribution >= 4 is 0 Å². The van der Waals surface area contributed by atoms with Crippen LogP contribution in [0.25, 0.3) is 0 Å². The van der Waals surface area contributed by atoms with Crippen molar-refractivity contribution in [1.82, 2.24) is 4.90 Å². The first kappa shape index (κ1) is 16.7. The van der Waals surface area contributed by atoms with Gasteiger partial charge in [0.2, 0.25) is 5.79 Å². The highest BCUT2D eigenvalue weighted by Crippen LogP contribution is 2.60. The smallest absolute Gasteiger partial charge is 0.201 e. The Bertz CT molecular complexity index is 564. The second-order valence-corrected chi connectivity index (χ2v) is 8.57. The third kappa shape index (κ3) is 2.32. The average molecular weight is 351 g/mol. The van der Waals surface area contributed by atoms with Crippen molar-refractivity contribution in [2.45, 2.75) is 63.4 Å². The van der Waals surface area contributed by atoms with Crippen LogP contribution >= 0.6 is 0 Å². The Morgan fingerprint density at radius 3 is 2.72 bits per heavy atom. The van der Waals surface area contributed by atoms with E-state index in [0.29, 0.717) is 11.8 Å². The van der Waals surface area contributed by atoms with Crippen molar-refractivity contribution in [2.24, 2.45) is 17.8 Å². The minimum atomic E-state index is -0.717. The molecule has 0 aromatic heterocycles. The molecule has 25 heavy (non-hydrogen) atoms. The fourth-order valence-electron chi connectivity index (χ4n) is 5.70. The summed E-state index contributed by atoms with van der Waals surface area (Å²) in [5.74, 6) is 0.444. The lowest BCUT2D eigenvalue weighted by Gasteiger charge is -2.60. The lowest BCUT2D eigenvalue weighted by atomic mass is 9.59. The van der Waals surface area contributed by atoms with Crippen LogP contribution in [0.15, 0.2) is 12.2 Å². The molecule has 0 aromatic carbocycles. The Labute approximate surface area is 149 Å². The molecule has 1 saturated carbocycles. The Balaban J connectivity index is 1.53. The van der Waals surface area contributed by atoms with E-state index >= 15 is 0 Å². The first-order chi connectivity index (χ1) is 12.0. The first-order valence-corrected chi connectivity index (χ1v) is 9.74. The zero-order chi connectivity index (χ0) is 17.2. The first-order valence-electron chi connectivity index (χ1n) is 9.74. The van der Waals surface area contributed by atoms with Gasteiger partial charge < -0.3 is 14.2 Å². The number of morpholine rings is 1. The van der Waals surface area contributed by atoms with Crippen LogP contribution in [0, 0.1) is 17.8 Å². The zero-order valence-electron chi connectivity index (χ0n) is 15.2. The second kappa shape index (κ2) is 5.75. The molecule has 5 saturated heterocycles. The molecule has 140 valence electrons. The monoisotopic (exact) mass is 351 g/mol. The lowest BCUT2D eigenvalue weighted by Crippen LogP contribution is -2.70. The highest BCUT2D eigenvalue weighted by Gasteiger charge is 2.69. The van der Waals surface area contributed by atoms with E-state index in [1.807, 2.05) is 6.92 Å². The van der Waals surface area contributed by atoms with E-state index in [4.69, 9.17) is 24.0 Å². The third-order valence-corrected chi connectivity index (χ3v) is 7.11. The van der Waals surface area contributed by atoms with Crippen molar-refractivity contribution < 1.29 is 24.0 Å². The molecule has 0 amide bonds. The van der Waals surface area contributed by atoms with E-state index in [0.717, 1.165) is 51.1 Å². The lowest BCUT2D eigenvalue weighted by molar-refractivity contribution is -0.565. The van der Waals surface area contributed by atoms with Gasteiger partial charge in [0.15, 0.2) is 11.9 Å². The third-order valence-electron chi connectivity index (χ3n) is 7.11. The van der Waals surface area contributed by atoms with Gasteiger partial charge in [-0.05, 0) is 43.6 Å². The number of fused-ring (bicyclic) bond motifs is 2. The summed E-state index contributed by atoms with van der Waals surface area (Å²) in [6, 6.07) is 0. The Kier molecular flexibility index (Phi) is 3.83. The maximum Gasteiger partial charge on any atom is 0.201 e. The van der Waals surface area contributed by atoms with Crippen LogP contribution < -0.4 is 0 Å². The molecule has 5 heterocycles.